The highest BCUT2D eigenvalue weighted by molar-refractivity contribution is 5.85. The second kappa shape index (κ2) is 9.50. The van der Waals surface area contributed by atoms with Crippen molar-refractivity contribution in [2.24, 2.45) is 5.73 Å². The van der Waals surface area contributed by atoms with Gasteiger partial charge in [-0.3, -0.25) is 0 Å². The molecule has 10 heavy (non-hydrogen) atoms. The van der Waals surface area contributed by atoms with Crippen LogP contribution in [0.15, 0.2) is 0 Å². The third-order valence-corrected chi connectivity index (χ3v) is 1.03. The lowest BCUT2D eigenvalue weighted by atomic mass is 10.2. The first-order valence-electron chi connectivity index (χ1n) is 3.03. The van der Waals surface area contributed by atoms with Gasteiger partial charge in [-0.15, -0.1) is 24.8 Å². The Kier molecular flexibility index (Phi) is 16.0. The maximum atomic E-state index is 5.51. The van der Waals surface area contributed by atoms with Crippen LogP contribution in [0.1, 0.15) is 13.3 Å². The molecule has 0 aliphatic heterocycles. The summed E-state index contributed by atoms with van der Waals surface area (Å²) in [7, 11) is 4.12. The summed E-state index contributed by atoms with van der Waals surface area (Å²) >= 11 is 0. The van der Waals surface area contributed by atoms with Gasteiger partial charge in [-0.2, -0.15) is 0 Å². The normalized spacial score (nSPS) is 11.7. The van der Waals surface area contributed by atoms with Crippen molar-refractivity contribution in [3.8, 4) is 0 Å². The van der Waals surface area contributed by atoms with Crippen molar-refractivity contribution < 1.29 is 0 Å². The summed E-state index contributed by atoms with van der Waals surface area (Å²) in [6, 6.07) is 0.345. The molecule has 0 amide bonds. The van der Waals surface area contributed by atoms with Gasteiger partial charge in [0.25, 0.3) is 0 Å². The van der Waals surface area contributed by atoms with Crippen LogP contribution in [0, 0.1) is 0 Å². The standard InChI is InChI=1S/C6H16N2.2ClH/c1-6(7)4-5-8(2)3;;/h6H,4-5,7H2,1-3H3;2*1H. The van der Waals surface area contributed by atoms with Crippen LogP contribution in [0.2, 0.25) is 0 Å². The molecule has 0 aromatic heterocycles. The summed E-state index contributed by atoms with van der Waals surface area (Å²) in [6.45, 7) is 3.13. The van der Waals surface area contributed by atoms with Gasteiger partial charge in [0, 0.05) is 6.04 Å². The topological polar surface area (TPSA) is 29.3 Å². The average Bonchev–Trinajstić information content (AvgIpc) is 1.61. The summed E-state index contributed by atoms with van der Waals surface area (Å²) in [6.07, 6.45) is 1.09. The molecule has 0 aliphatic rings. The first-order chi connectivity index (χ1) is 3.63. The molecule has 0 spiro atoms. The van der Waals surface area contributed by atoms with Crippen LogP contribution >= 0.6 is 24.8 Å². The van der Waals surface area contributed by atoms with E-state index in [0.717, 1.165) is 13.0 Å². The van der Waals surface area contributed by atoms with E-state index in [-0.39, 0.29) is 24.8 Å². The van der Waals surface area contributed by atoms with Gasteiger partial charge in [-0.25, -0.2) is 0 Å². The number of nitrogens with zero attached hydrogens (tertiary/aromatic N) is 1. The van der Waals surface area contributed by atoms with Gasteiger partial charge in [-0.1, -0.05) is 0 Å². The molecule has 0 rings (SSSR count). The molecule has 2 nitrogen and oxygen atoms in total. The second-order valence-electron chi connectivity index (χ2n) is 2.57. The van der Waals surface area contributed by atoms with Crippen molar-refractivity contribution in [2.45, 2.75) is 19.4 Å². The molecule has 4 heteroatoms. The minimum absolute atomic E-state index is 0. The Morgan fingerprint density at radius 2 is 1.70 bits per heavy atom. The quantitative estimate of drug-likeness (QED) is 0.721. The van der Waals surface area contributed by atoms with Gasteiger partial charge in [0.2, 0.25) is 0 Å². The smallest absolute Gasteiger partial charge is 0.00226 e. The summed E-state index contributed by atoms with van der Waals surface area (Å²) in [4.78, 5) is 2.14. The first-order valence-corrected chi connectivity index (χ1v) is 3.03. The van der Waals surface area contributed by atoms with Crippen molar-refractivity contribution in [3.05, 3.63) is 0 Å². The van der Waals surface area contributed by atoms with Crippen LogP contribution in [0.4, 0.5) is 0 Å². The van der Waals surface area contributed by atoms with Crippen LogP contribution in [0.3, 0.4) is 0 Å². The zero-order valence-electron chi connectivity index (χ0n) is 6.83. The molecule has 0 saturated heterocycles. The van der Waals surface area contributed by atoms with Crippen LogP contribution in [0.25, 0.3) is 0 Å². The molecule has 1 atom stereocenters. The monoisotopic (exact) mass is 188 g/mol. The van der Waals surface area contributed by atoms with Crippen molar-refractivity contribution in [1.82, 2.24) is 4.90 Å². The number of nitrogens with two attached hydrogens (primary N) is 1. The Balaban J connectivity index is -0.000000245. The molecular weight excluding hydrogens is 171 g/mol. The second-order valence-corrected chi connectivity index (χ2v) is 2.57. The summed E-state index contributed by atoms with van der Waals surface area (Å²) < 4.78 is 0. The predicted molar refractivity (Wildman–Crippen MR) is 51.3 cm³/mol. The van der Waals surface area contributed by atoms with E-state index in [9.17, 15) is 0 Å². The van der Waals surface area contributed by atoms with Crippen molar-refractivity contribution >= 4 is 24.8 Å². The fourth-order valence-corrected chi connectivity index (χ4v) is 0.462. The molecular formula is C6H18Cl2N2. The summed E-state index contributed by atoms with van der Waals surface area (Å²) in [5.74, 6) is 0. The largest absolute Gasteiger partial charge is 0.328 e. The Morgan fingerprint density at radius 3 is 1.80 bits per heavy atom. The minimum Gasteiger partial charge on any atom is -0.328 e. The Hall–Kier alpha value is 0.500. The van der Waals surface area contributed by atoms with Gasteiger partial charge in [0.05, 0.1) is 0 Å². The highest BCUT2D eigenvalue weighted by atomic mass is 35.5. The summed E-state index contributed by atoms with van der Waals surface area (Å²) in [5.41, 5.74) is 5.51. The van der Waals surface area contributed by atoms with E-state index in [1.807, 2.05) is 6.92 Å². The highest BCUT2D eigenvalue weighted by Gasteiger charge is 1.93. The van der Waals surface area contributed by atoms with E-state index in [4.69, 9.17) is 5.73 Å². The van der Waals surface area contributed by atoms with Gasteiger partial charge < -0.3 is 10.6 Å². The molecule has 2 N–H and O–H groups in total. The van der Waals surface area contributed by atoms with Crippen molar-refractivity contribution in [1.29, 1.82) is 0 Å². The Bertz CT molecular complexity index is 49.7. The van der Waals surface area contributed by atoms with Gasteiger partial charge in [0.15, 0.2) is 0 Å². The zero-order chi connectivity index (χ0) is 6.57. The van der Waals surface area contributed by atoms with Crippen LogP contribution < -0.4 is 5.73 Å². The molecule has 0 saturated carbocycles. The van der Waals surface area contributed by atoms with E-state index in [2.05, 4.69) is 19.0 Å². The van der Waals surface area contributed by atoms with E-state index in [0.29, 0.717) is 6.04 Å². The van der Waals surface area contributed by atoms with Gasteiger partial charge in [0.1, 0.15) is 0 Å². The number of hydrogen-bond acceptors (Lipinski definition) is 2. The fourth-order valence-electron chi connectivity index (χ4n) is 0.462. The fraction of sp³-hybridized carbons (Fsp3) is 1.00. The lowest BCUT2D eigenvalue weighted by Gasteiger charge is -2.10. The summed E-state index contributed by atoms with van der Waals surface area (Å²) in [5, 5.41) is 0. The third-order valence-electron chi connectivity index (χ3n) is 1.03. The number of hydrogen-bond donors (Lipinski definition) is 1. The molecule has 66 valence electrons. The van der Waals surface area contributed by atoms with Gasteiger partial charge >= 0.3 is 0 Å². The third kappa shape index (κ3) is 15.8. The lowest BCUT2D eigenvalue weighted by molar-refractivity contribution is 0.386. The van der Waals surface area contributed by atoms with E-state index in [1.54, 1.807) is 0 Å². The molecule has 0 heterocycles. The van der Waals surface area contributed by atoms with Crippen molar-refractivity contribution in [3.63, 3.8) is 0 Å². The SMILES string of the molecule is CC(N)CCN(C)C.Cl.Cl. The first kappa shape index (κ1) is 16.8. The Labute approximate surface area is 76.0 Å². The molecule has 0 aromatic rings. The maximum absolute atomic E-state index is 5.51. The van der Waals surface area contributed by atoms with Crippen LogP contribution in [0.5, 0.6) is 0 Å². The average molecular weight is 189 g/mol. The lowest BCUT2D eigenvalue weighted by Crippen LogP contribution is -2.22. The van der Waals surface area contributed by atoms with Crippen LogP contribution in [-0.4, -0.2) is 31.6 Å². The molecule has 0 aliphatic carbocycles. The van der Waals surface area contributed by atoms with E-state index >= 15 is 0 Å². The minimum atomic E-state index is 0. The van der Waals surface area contributed by atoms with Gasteiger partial charge in [-0.05, 0) is 34.0 Å². The Morgan fingerprint density at radius 1 is 1.30 bits per heavy atom. The molecule has 0 radical (unpaired) electrons. The molecule has 0 bridgehead atoms. The van der Waals surface area contributed by atoms with E-state index in [1.165, 1.54) is 0 Å². The number of rotatable bonds is 3. The molecule has 1 unspecified atom stereocenters. The van der Waals surface area contributed by atoms with Crippen LogP contribution in [-0.2, 0) is 0 Å². The predicted octanol–water partition coefficient (Wildman–Crippen LogP) is 1.13. The zero-order valence-corrected chi connectivity index (χ0v) is 8.47. The van der Waals surface area contributed by atoms with E-state index < -0.39 is 0 Å². The molecule has 0 fully saturated rings. The maximum Gasteiger partial charge on any atom is 0.00226 e. The number of halogens is 2. The molecule has 0 aromatic carbocycles. The highest BCUT2D eigenvalue weighted by Crippen LogP contribution is 1.86. The van der Waals surface area contributed by atoms with Crippen molar-refractivity contribution in [2.75, 3.05) is 20.6 Å².